The van der Waals surface area contributed by atoms with Crippen molar-refractivity contribution in [2.75, 3.05) is 31.1 Å². The summed E-state index contributed by atoms with van der Waals surface area (Å²) in [6.45, 7) is 2.83. The van der Waals surface area contributed by atoms with Gasteiger partial charge in [-0.3, -0.25) is 4.79 Å². The van der Waals surface area contributed by atoms with Gasteiger partial charge in [0.1, 0.15) is 11.8 Å². The highest BCUT2D eigenvalue weighted by atomic mass is 16.3. The molecule has 2 aromatic carbocycles. The highest BCUT2D eigenvalue weighted by Crippen LogP contribution is 2.22. The van der Waals surface area contributed by atoms with Gasteiger partial charge in [-0.2, -0.15) is 5.26 Å². The molecule has 0 unspecified atom stereocenters. The number of aromatic hydroxyl groups is 1. The molecule has 1 N–H and O–H groups in total. The van der Waals surface area contributed by atoms with Crippen LogP contribution in [0, 0.1) is 11.3 Å². The molecule has 0 spiro atoms. The average Bonchev–Trinajstić information content (AvgIpc) is 2.89. The smallest absolute Gasteiger partial charge is 0.227 e. The molecule has 1 amide bonds. The van der Waals surface area contributed by atoms with Gasteiger partial charge < -0.3 is 14.9 Å². The Bertz CT molecular complexity index is 798. The summed E-state index contributed by atoms with van der Waals surface area (Å²) in [4.78, 5) is 16.6. The Morgan fingerprint density at radius 3 is 2.60 bits per heavy atom. The molecule has 0 atom stereocenters. The lowest BCUT2D eigenvalue weighted by Gasteiger charge is -2.24. The van der Waals surface area contributed by atoms with Crippen molar-refractivity contribution in [1.29, 1.82) is 5.26 Å². The van der Waals surface area contributed by atoms with Crippen LogP contribution in [-0.4, -0.2) is 42.1 Å². The van der Waals surface area contributed by atoms with Gasteiger partial charge in [0.15, 0.2) is 0 Å². The number of phenols is 1. The number of rotatable bonds is 3. The van der Waals surface area contributed by atoms with Crippen LogP contribution >= 0.6 is 0 Å². The minimum Gasteiger partial charge on any atom is -0.508 e. The molecule has 1 heterocycles. The highest BCUT2D eigenvalue weighted by molar-refractivity contribution is 5.79. The Hall–Kier alpha value is -3.00. The lowest BCUT2D eigenvalue weighted by atomic mass is 10.1. The zero-order valence-corrected chi connectivity index (χ0v) is 14.1. The van der Waals surface area contributed by atoms with Gasteiger partial charge in [0.25, 0.3) is 0 Å². The van der Waals surface area contributed by atoms with Crippen molar-refractivity contribution in [1.82, 2.24) is 4.90 Å². The van der Waals surface area contributed by atoms with Crippen molar-refractivity contribution in [3.05, 3.63) is 59.7 Å². The third-order valence-electron chi connectivity index (χ3n) is 4.55. The van der Waals surface area contributed by atoms with Gasteiger partial charge in [0.2, 0.25) is 5.91 Å². The number of amides is 1. The first-order chi connectivity index (χ1) is 12.2. The molecule has 128 valence electrons. The van der Waals surface area contributed by atoms with E-state index in [1.807, 2.05) is 35.2 Å². The number of para-hydroxylation sites is 2. The van der Waals surface area contributed by atoms with Crippen LogP contribution in [0.15, 0.2) is 48.5 Å². The van der Waals surface area contributed by atoms with Gasteiger partial charge in [0, 0.05) is 31.7 Å². The predicted octanol–water partition coefficient (Wildman–Crippen LogP) is 2.55. The fourth-order valence-corrected chi connectivity index (χ4v) is 3.19. The average molecular weight is 335 g/mol. The van der Waals surface area contributed by atoms with E-state index in [1.54, 1.807) is 18.2 Å². The molecule has 3 rings (SSSR count). The van der Waals surface area contributed by atoms with Crippen molar-refractivity contribution in [3.63, 3.8) is 0 Å². The first-order valence-electron chi connectivity index (χ1n) is 8.48. The van der Waals surface area contributed by atoms with E-state index >= 15 is 0 Å². The van der Waals surface area contributed by atoms with E-state index < -0.39 is 0 Å². The summed E-state index contributed by atoms with van der Waals surface area (Å²) in [6, 6.07) is 16.8. The second kappa shape index (κ2) is 7.71. The van der Waals surface area contributed by atoms with Gasteiger partial charge in [-0.15, -0.1) is 0 Å². The zero-order chi connectivity index (χ0) is 17.6. The Morgan fingerprint density at radius 2 is 1.80 bits per heavy atom. The quantitative estimate of drug-likeness (QED) is 0.936. The summed E-state index contributed by atoms with van der Waals surface area (Å²) >= 11 is 0. The predicted molar refractivity (Wildman–Crippen MR) is 96.4 cm³/mol. The maximum Gasteiger partial charge on any atom is 0.227 e. The number of phenolic OH excluding ortho intramolecular Hbond substituents is 1. The molecule has 1 aliphatic heterocycles. The van der Waals surface area contributed by atoms with E-state index in [0.29, 0.717) is 30.8 Å². The number of anilines is 1. The fourth-order valence-electron chi connectivity index (χ4n) is 3.19. The first-order valence-corrected chi connectivity index (χ1v) is 8.48. The van der Waals surface area contributed by atoms with E-state index in [1.165, 1.54) is 0 Å². The Kier molecular flexibility index (Phi) is 5.20. The van der Waals surface area contributed by atoms with E-state index in [4.69, 9.17) is 0 Å². The lowest BCUT2D eigenvalue weighted by molar-refractivity contribution is -0.130. The second-order valence-electron chi connectivity index (χ2n) is 6.16. The second-order valence-corrected chi connectivity index (χ2v) is 6.16. The minimum atomic E-state index is 0.0249. The van der Waals surface area contributed by atoms with Crippen LogP contribution in [0.2, 0.25) is 0 Å². The molecule has 0 bridgehead atoms. The van der Waals surface area contributed by atoms with Crippen LogP contribution in [0.25, 0.3) is 0 Å². The van der Waals surface area contributed by atoms with Crippen molar-refractivity contribution in [2.45, 2.75) is 12.8 Å². The topological polar surface area (TPSA) is 67.6 Å². The monoisotopic (exact) mass is 335 g/mol. The van der Waals surface area contributed by atoms with Gasteiger partial charge in [-0.1, -0.05) is 30.3 Å². The number of carbonyl (C=O) groups excluding carboxylic acids is 1. The van der Waals surface area contributed by atoms with E-state index in [2.05, 4.69) is 11.0 Å². The normalized spacial score (nSPS) is 14.7. The Morgan fingerprint density at radius 1 is 1.04 bits per heavy atom. The number of hydrogen-bond donors (Lipinski definition) is 1. The molecular formula is C20H21N3O2. The summed E-state index contributed by atoms with van der Waals surface area (Å²) in [7, 11) is 0. The molecule has 1 aliphatic rings. The first kappa shape index (κ1) is 16.8. The third-order valence-corrected chi connectivity index (χ3v) is 4.55. The number of nitrogens with zero attached hydrogens (tertiary/aromatic N) is 3. The fraction of sp³-hybridized carbons (Fsp3) is 0.300. The van der Waals surface area contributed by atoms with Gasteiger partial charge >= 0.3 is 0 Å². The summed E-state index contributed by atoms with van der Waals surface area (Å²) in [6.07, 6.45) is 1.06. The van der Waals surface area contributed by atoms with Crippen molar-refractivity contribution in [2.24, 2.45) is 0 Å². The molecule has 1 saturated heterocycles. The Balaban J connectivity index is 1.66. The number of benzene rings is 2. The highest BCUT2D eigenvalue weighted by Gasteiger charge is 2.21. The van der Waals surface area contributed by atoms with E-state index in [-0.39, 0.29) is 18.1 Å². The summed E-state index contributed by atoms with van der Waals surface area (Å²) < 4.78 is 0. The number of nitriles is 1. The van der Waals surface area contributed by atoms with Crippen LogP contribution in [-0.2, 0) is 11.2 Å². The summed E-state index contributed by atoms with van der Waals surface area (Å²) in [5.74, 6) is 0.187. The van der Waals surface area contributed by atoms with Crippen LogP contribution in [0.4, 0.5) is 5.69 Å². The minimum absolute atomic E-state index is 0.0249. The maximum atomic E-state index is 12.6. The number of hydrogen-bond acceptors (Lipinski definition) is 4. The largest absolute Gasteiger partial charge is 0.508 e. The molecule has 0 saturated carbocycles. The zero-order valence-electron chi connectivity index (χ0n) is 14.1. The Labute approximate surface area is 147 Å². The molecule has 5 heteroatoms. The SMILES string of the molecule is N#Cc1ccccc1N1CCCN(C(=O)Cc2ccccc2O)CC1. The van der Waals surface area contributed by atoms with Crippen LogP contribution < -0.4 is 4.90 Å². The molecule has 2 aromatic rings. The standard InChI is InChI=1S/C20H21N3O2/c21-15-17-7-1-3-8-18(17)22-10-5-11-23(13-12-22)20(25)14-16-6-2-4-9-19(16)24/h1-4,6-9,24H,5,10-14H2. The maximum absolute atomic E-state index is 12.6. The van der Waals surface area contributed by atoms with E-state index in [0.717, 1.165) is 18.7 Å². The van der Waals surface area contributed by atoms with Crippen molar-refractivity contribution in [3.8, 4) is 11.8 Å². The van der Waals surface area contributed by atoms with Gasteiger partial charge in [0.05, 0.1) is 17.7 Å². The molecule has 0 aliphatic carbocycles. The van der Waals surface area contributed by atoms with Crippen molar-refractivity contribution < 1.29 is 9.90 Å². The number of carbonyl (C=O) groups is 1. The van der Waals surface area contributed by atoms with Crippen LogP contribution in [0.3, 0.4) is 0 Å². The van der Waals surface area contributed by atoms with Crippen molar-refractivity contribution >= 4 is 11.6 Å². The van der Waals surface area contributed by atoms with Crippen LogP contribution in [0.1, 0.15) is 17.5 Å². The van der Waals surface area contributed by atoms with Gasteiger partial charge in [-0.25, -0.2) is 0 Å². The molecular weight excluding hydrogens is 314 g/mol. The van der Waals surface area contributed by atoms with Gasteiger partial charge in [-0.05, 0) is 24.6 Å². The molecule has 0 radical (unpaired) electrons. The molecule has 1 fully saturated rings. The van der Waals surface area contributed by atoms with Crippen LogP contribution in [0.5, 0.6) is 5.75 Å². The van der Waals surface area contributed by atoms with E-state index in [9.17, 15) is 15.2 Å². The molecule has 25 heavy (non-hydrogen) atoms. The molecule has 5 nitrogen and oxygen atoms in total. The molecule has 0 aromatic heterocycles. The summed E-state index contributed by atoms with van der Waals surface area (Å²) in [5, 5.41) is 19.1. The lowest BCUT2D eigenvalue weighted by Crippen LogP contribution is -2.36. The summed E-state index contributed by atoms with van der Waals surface area (Å²) in [5.41, 5.74) is 2.25. The third kappa shape index (κ3) is 3.92.